The highest BCUT2D eigenvalue weighted by Crippen LogP contribution is 2.66. The Morgan fingerprint density at radius 2 is 0.786 bits per heavy atom. The van der Waals surface area contributed by atoms with Gasteiger partial charge in [-0.2, -0.15) is 0 Å². The van der Waals surface area contributed by atoms with Gasteiger partial charge in [0.05, 0.1) is 21.9 Å². The van der Waals surface area contributed by atoms with Gasteiger partial charge in [0.1, 0.15) is 0 Å². The summed E-state index contributed by atoms with van der Waals surface area (Å²) in [4.78, 5) is 2.46. The molecule has 1 heterocycles. The van der Waals surface area contributed by atoms with E-state index in [2.05, 4.69) is 289 Å². The first-order valence-electron chi connectivity index (χ1n) is 24.3. The van der Waals surface area contributed by atoms with Gasteiger partial charge >= 0.3 is 0 Å². The van der Waals surface area contributed by atoms with Gasteiger partial charge in [-0.1, -0.05) is 224 Å². The lowest BCUT2D eigenvalue weighted by molar-refractivity contribution is 0.627. The number of nitrogens with zero attached hydrogens (tertiary/aromatic N) is 2. The highest BCUT2D eigenvalue weighted by atomic mass is 15.1. The van der Waals surface area contributed by atoms with Crippen LogP contribution in [0.2, 0.25) is 0 Å². The maximum absolute atomic E-state index is 2.48. The average Bonchev–Trinajstić information content (AvgIpc) is 3.95. The third-order valence-electron chi connectivity index (χ3n) is 15.3. The van der Waals surface area contributed by atoms with Crippen LogP contribution in [-0.4, -0.2) is 4.57 Å². The van der Waals surface area contributed by atoms with Crippen LogP contribution in [0.4, 0.5) is 17.1 Å². The van der Waals surface area contributed by atoms with Crippen LogP contribution in [-0.2, 0) is 10.8 Å². The molecule has 2 aliphatic carbocycles. The van der Waals surface area contributed by atoms with E-state index in [0.717, 1.165) is 28.3 Å². The molecule has 0 spiro atoms. The van der Waals surface area contributed by atoms with Crippen molar-refractivity contribution in [2.45, 2.75) is 10.8 Å². The topological polar surface area (TPSA) is 8.17 Å². The lowest BCUT2D eigenvalue weighted by atomic mass is 9.51. The fourth-order valence-corrected chi connectivity index (χ4v) is 12.6. The average molecular weight is 891 g/mol. The molecule has 0 radical (unpaired) electrons. The zero-order valence-electron chi connectivity index (χ0n) is 38.5. The molecule has 2 nitrogen and oxygen atoms in total. The summed E-state index contributed by atoms with van der Waals surface area (Å²) in [5, 5.41) is 2.46. The number of hydrogen-bond donors (Lipinski definition) is 0. The molecule has 11 aromatic carbocycles. The molecule has 2 unspecified atom stereocenters. The molecular weight excluding hydrogens is 845 g/mol. The van der Waals surface area contributed by atoms with Crippen LogP contribution < -0.4 is 4.90 Å². The second-order valence-corrected chi connectivity index (χ2v) is 18.7. The van der Waals surface area contributed by atoms with Gasteiger partial charge < -0.3 is 9.47 Å². The summed E-state index contributed by atoms with van der Waals surface area (Å²) in [6.07, 6.45) is 0. The molecule has 0 amide bonds. The quantitative estimate of drug-likeness (QED) is 0.148. The minimum atomic E-state index is -0.688. The van der Waals surface area contributed by atoms with Gasteiger partial charge in [-0.15, -0.1) is 0 Å². The Bertz CT molecular complexity index is 3930. The van der Waals surface area contributed by atoms with E-state index in [-0.39, 0.29) is 0 Å². The number of para-hydroxylation sites is 2. The molecule has 328 valence electrons. The lowest BCUT2D eigenvalue weighted by Gasteiger charge is -2.49. The van der Waals surface area contributed by atoms with E-state index in [0.29, 0.717) is 0 Å². The van der Waals surface area contributed by atoms with Crippen LogP contribution >= 0.6 is 0 Å². The molecule has 70 heavy (non-hydrogen) atoms. The first-order chi connectivity index (χ1) is 34.7. The van der Waals surface area contributed by atoms with E-state index in [1.54, 1.807) is 0 Å². The number of aromatic nitrogens is 1. The summed E-state index contributed by atoms with van der Waals surface area (Å²) in [6, 6.07) is 104. The molecule has 1 aromatic heterocycles. The molecule has 0 saturated heterocycles. The van der Waals surface area contributed by atoms with Crippen LogP contribution in [0.1, 0.15) is 44.5 Å². The fraction of sp³-hybridized carbons (Fsp3) is 0.0294. The SMILES string of the molecule is c1ccc(-c2ccc(N(c3cccc(C4(c5ccccc5)c5ccccc5C5(c6ccccc6)c6ccccc6-c6cccc4c65)c3)c3ccc4c5ccccc5n(-c5ccccc5)c4c3)cc2)cc1. The zero-order chi connectivity index (χ0) is 46.2. The smallest absolute Gasteiger partial charge is 0.0720 e. The first-order valence-corrected chi connectivity index (χ1v) is 24.3. The minimum Gasteiger partial charge on any atom is -0.310 e. The molecule has 0 aliphatic heterocycles. The Hall–Kier alpha value is -8.98. The van der Waals surface area contributed by atoms with Gasteiger partial charge in [0.2, 0.25) is 0 Å². The van der Waals surface area contributed by atoms with Crippen LogP contribution in [0.15, 0.2) is 279 Å². The van der Waals surface area contributed by atoms with Crippen molar-refractivity contribution in [1.82, 2.24) is 4.57 Å². The predicted molar refractivity (Wildman–Crippen MR) is 290 cm³/mol. The van der Waals surface area contributed by atoms with E-state index in [1.165, 1.54) is 83.1 Å². The number of rotatable bonds is 8. The van der Waals surface area contributed by atoms with E-state index < -0.39 is 10.8 Å². The Balaban J connectivity index is 1.05. The van der Waals surface area contributed by atoms with Crippen LogP contribution in [0.3, 0.4) is 0 Å². The van der Waals surface area contributed by atoms with Crippen molar-refractivity contribution < 1.29 is 0 Å². The summed E-state index contributed by atoms with van der Waals surface area (Å²) < 4.78 is 2.41. The monoisotopic (exact) mass is 890 g/mol. The lowest BCUT2D eigenvalue weighted by Crippen LogP contribution is -2.44. The van der Waals surface area contributed by atoms with Crippen LogP contribution in [0.25, 0.3) is 49.7 Å². The summed E-state index contributed by atoms with van der Waals surface area (Å²) >= 11 is 0. The summed E-state index contributed by atoms with van der Waals surface area (Å²) in [5.41, 5.74) is 20.8. The summed E-state index contributed by atoms with van der Waals surface area (Å²) in [5.74, 6) is 0. The Labute approximate surface area is 408 Å². The van der Waals surface area contributed by atoms with Crippen molar-refractivity contribution >= 4 is 38.9 Å². The highest BCUT2D eigenvalue weighted by Gasteiger charge is 2.57. The van der Waals surface area contributed by atoms with E-state index in [9.17, 15) is 0 Å². The summed E-state index contributed by atoms with van der Waals surface area (Å²) in [7, 11) is 0. The number of hydrogen-bond acceptors (Lipinski definition) is 1. The van der Waals surface area contributed by atoms with Gasteiger partial charge in [0.25, 0.3) is 0 Å². The molecule has 2 atom stereocenters. The molecule has 2 heteroatoms. The summed E-state index contributed by atoms with van der Waals surface area (Å²) in [6.45, 7) is 0. The predicted octanol–water partition coefficient (Wildman–Crippen LogP) is 17.0. The van der Waals surface area contributed by atoms with Gasteiger partial charge in [0.15, 0.2) is 0 Å². The molecule has 14 rings (SSSR count). The van der Waals surface area contributed by atoms with Gasteiger partial charge in [-0.05, 0) is 121 Å². The van der Waals surface area contributed by atoms with Crippen LogP contribution in [0, 0.1) is 0 Å². The normalized spacial score (nSPS) is 16.4. The third kappa shape index (κ3) is 5.68. The van der Waals surface area contributed by atoms with E-state index in [1.807, 2.05) is 0 Å². The molecule has 2 aliphatic rings. The van der Waals surface area contributed by atoms with Crippen molar-refractivity contribution in [1.29, 1.82) is 0 Å². The molecule has 0 fully saturated rings. The second-order valence-electron chi connectivity index (χ2n) is 18.7. The Kier molecular flexibility index (Phi) is 9.06. The maximum atomic E-state index is 2.48. The maximum Gasteiger partial charge on any atom is 0.0720 e. The van der Waals surface area contributed by atoms with E-state index in [4.69, 9.17) is 0 Å². The number of anilines is 3. The van der Waals surface area contributed by atoms with Gasteiger partial charge in [-0.25, -0.2) is 0 Å². The number of benzene rings is 11. The largest absolute Gasteiger partial charge is 0.310 e. The molecule has 0 N–H and O–H groups in total. The molecule has 12 aromatic rings. The van der Waals surface area contributed by atoms with Crippen LogP contribution in [0.5, 0.6) is 0 Å². The molecular formula is C68H46N2. The molecule has 0 saturated carbocycles. The second kappa shape index (κ2) is 15.8. The van der Waals surface area contributed by atoms with Crippen molar-refractivity contribution in [3.8, 4) is 27.9 Å². The number of fused-ring (bicyclic) bond motifs is 8. The van der Waals surface area contributed by atoms with Crippen molar-refractivity contribution in [3.63, 3.8) is 0 Å². The highest BCUT2D eigenvalue weighted by molar-refractivity contribution is 6.10. The Morgan fingerprint density at radius 1 is 0.286 bits per heavy atom. The Morgan fingerprint density at radius 3 is 1.53 bits per heavy atom. The zero-order valence-corrected chi connectivity index (χ0v) is 38.5. The fourth-order valence-electron chi connectivity index (χ4n) is 12.6. The van der Waals surface area contributed by atoms with Crippen molar-refractivity contribution in [2.24, 2.45) is 0 Å². The minimum absolute atomic E-state index is 0.518. The molecule has 0 bridgehead atoms. The van der Waals surface area contributed by atoms with Gasteiger partial charge in [0, 0.05) is 33.5 Å². The van der Waals surface area contributed by atoms with Crippen molar-refractivity contribution in [3.05, 3.63) is 324 Å². The standard InChI is InChI=1S/C68H46N2/c1-5-21-47(22-6-1)48-39-41-53(42-40-48)69(55-43-44-58-57-32-14-18-38-64(57)70(65(58)46-55)52-28-11-4-12-29-52)54-30-19-27-51(45-54)67(49-23-7-2-8-24-49)61-35-16-17-36-62(61)68(50-25-9-3-10-26-50)60-34-15-13-31-56(60)59-33-20-37-63(67)66(59)68/h1-46H. The third-order valence-corrected chi connectivity index (χ3v) is 15.3. The van der Waals surface area contributed by atoms with Crippen molar-refractivity contribution in [2.75, 3.05) is 4.90 Å². The van der Waals surface area contributed by atoms with E-state index >= 15 is 0 Å². The first kappa shape index (κ1) is 40.1. The van der Waals surface area contributed by atoms with Gasteiger partial charge in [-0.3, -0.25) is 0 Å².